The highest BCUT2D eigenvalue weighted by molar-refractivity contribution is 5.93. The third kappa shape index (κ3) is 4.98. The average molecular weight is 310 g/mol. The Morgan fingerprint density at radius 3 is 2.50 bits per heavy atom. The first kappa shape index (κ1) is 16.7. The molecular formula is C15H26N4O3. The first-order valence-corrected chi connectivity index (χ1v) is 8.17. The zero-order valence-corrected chi connectivity index (χ0v) is 13.0. The van der Waals surface area contributed by atoms with Crippen molar-refractivity contribution in [2.75, 3.05) is 19.6 Å². The fraction of sp³-hybridized carbons (Fsp3) is 0.800. The number of carbonyl (C=O) groups is 3. The lowest BCUT2D eigenvalue weighted by atomic mass is 9.94. The molecular weight excluding hydrogens is 284 g/mol. The molecule has 2 aliphatic rings. The Bertz CT molecular complexity index is 421. The van der Waals surface area contributed by atoms with Gasteiger partial charge in [0.2, 0.25) is 11.8 Å². The predicted octanol–water partition coefficient (Wildman–Crippen LogP) is 0.342. The van der Waals surface area contributed by atoms with Crippen molar-refractivity contribution in [1.82, 2.24) is 15.5 Å². The quantitative estimate of drug-likeness (QED) is 0.681. The van der Waals surface area contributed by atoms with Crippen LogP contribution in [0.1, 0.15) is 44.9 Å². The molecule has 0 radical (unpaired) electrons. The van der Waals surface area contributed by atoms with E-state index in [0.717, 1.165) is 19.5 Å². The summed E-state index contributed by atoms with van der Waals surface area (Å²) in [5.74, 6) is -0.450. The molecule has 7 nitrogen and oxygen atoms in total. The van der Waals surface area contributed by atoms with Crippen LogP contribution in [-0.2, 0) is 9.59 Å². The van der Waals surface area contributed by atoms with Crippen molar-refractivity contribution >= 4 is 17.8 Å². The summed E-state index contributed by atoms with van der Waals surface area (Å²) in [5.41, 5.74) is 4.85. The number of hydrogen-bond donors (Lipinski definition) is 3. The first-order valence-electron chi connectivity index (χ1n) is 8.17. The summed E-state index contributed by atoms with van der Waals surface area (Å²) in [5, 5.41) is 4.75. The number of rotatable bonds is 5. The van der Waals surface area contributed by atoms with E-state index in [1.807, 2.05) is 5.32 Å². The Hall–Kier alpha value is -1.63. The van der Waals surface area contributed by atoms with E-state index in [4.69, 9.17) is 5.73 Å². The van der Waals surface area contributed by atoms with E-state index in [1.54, 1.807) is 0 Å². The van der Waals surface area contributed by atoms with Gasteiger partial charge < -0.3 is 11.1 Å². The fourth-order valence-electron chi connectivity index (χ4n) is 3.42. The second kappa shape index (κ2) is 8.12. The third-order valence-electron chi connectivity index (χ3n) is 4.60. The van der Waals surface area contributed by atoms with Gasteiger partial charge in [-0.3, -0.25) is 19.8 Å². The van der Waals surface area contributed by atoms with Crippen LogP contribution in [-0.4, -0.2) is 48.4 Å². The van der Waals surface area contributed by atoms with Crippen LogP contribution in [0.3, 0.4) is 0 Å². The van der Waals surface area contributed by atoms with Gasteiger partial charge in [0.15, 0.2) is 0 Å². The molecule has 2 fully saturated rings. The van der Waals surface area contributed by atoms with Crippen LogP contribution >= 0.6 is 0 Å². The number of likely N-dealkylation sites (tertiary alicyclic amines) is 1. The van der Waals surface area contributed by atoms with Gasteiger partial charge in [-0.2, -0.15) is 0 Å². The van der Waals surface area contributed by atoms with Gasteiger partial charge in [0.05, 0.1) is 5.92 Å². The van der Waals surface area contributed by atoms with Crippen molar-refractivity contribution in [3.63, 3.8) is 0 Å². The average Bonchev–Trinajstić information content (AvgIpc) is 2.97. The molecule has 0 aromatic rings. The maximum atomic E-state index is 12.1. The number of urea groups is 1. The molecule has 0 bridgehead atoms. The lowest BCUT2D eigenvalue weighted by Gasteiger charge is -2.30. The Morgan fingerprint density at radius 1 is 1.09 bits per heavy atom. The molecule has 1 atom stereocenters. The van der Waals surface area contributed by atoms with Gasteiger partial charge >= 0.3 is 6.03 Å². The molecule has 1 aliphatic carbocycles. The van der Waals surface area contributed by atoms with Crippen molar-refractivity contribution in [3.8, 4) is 0 Å². The molecule has 22 heavy (non-hydrogen) atoms. The number of imide groups is 1. The number of nitrogens with zero attached hydrogens (tertiary/aromatic N) is 1. The standard InChI is InChI=1S/C15H26N4O3/c16-15(22)18-13(20)6-8-17-14(21)11-7-9-19(10-11)12-4-2-1-3-5-12/h11-12H,1-10H2,(H,17,21)(H3,16,18,20,22)/t11-/m0/s1. The maximum Gasteiger partial charge on any atom is 0.318 e. The Balaban J connectivity index is 1.66. The minimum atomic E-state index is -0.866. The molecule has 7 heteroatoms. The SMILES string of the molecule is NC(=O)NC(=O)CCNC(=O)[C@H]1CCN(C2CCCCC2)C1. The third-order valence-corrected chi connectivity index (χ3v) is 4.60. The van der Waals surface area contributed by atoms with Gasteiger partial charge in [0.25, 0.3) is 0 Å². The minimum absolute atomic E-state index is 0.00480. The highest BCUT2D eigenvalue weighted by atomic mass is 16.2. The largest absolute Gasteiger partial charge is 0.355 e. The summed E-state index contributed by atoms with van der Waals surface area (Å²) in [6.45, 7) is 2.05. The van der Waals surface area contributed by atoms with Crippen LogP contribution < -0.4 is 16.4 Å². The van der Waals surface area contributed by atoms with Crippen molar-refractivity contribution in [1.29, 1.82) is 0 Å². The molecule has 1 aliphatic heterocycles. The van der Waals surface area contributed by atoms with Crippen LogP contribution in [0.2, 0.25) is 0 Å². The number of hydrogen-bond acceptors (Lipinski definition) is 4. The molecule has 1 saturated carbocycles. The molecule has 0 spiro atoms. The van der Waals surface area contributed by atoms with Gasteiger partial charge in [-0.05, 0) is 25.8 Å². The van der Waals surface area contributed by atoms with Gasteiger partial charge in [0, 0.05) is 25.6 Å². The van der Waals surface area contributed by atoms with E-state index < -0.39 is 11.9 Å². The normalized spacial score (nSPS) is 23.2. The van der Waals surface area contributed by atoms with Crippen molar-refractivity contribution < 1.29 is 14.4 Å². The smallest absolute Gasteiger partial charge is 0.318 e. The monoisotopic (exact) mass is 310 g/mol. The molecule has 0 unspecified atom stereocenters. The molecule has 2 rings (SSSR count). The zero-order valence-electron chi connectivity index (χ0n) is 13.0. The minimum Gasteiger partial charge on any atom is -0.355 e. The van der Waals surface area contributed by atoms with Crippen LogP contribution in [0.4, 0.5) is 4.79 Å². The van der Waals surface area contributed by atoms with E-state index in [1.165, 1.54) is 32.1 Å². The second-order valence-corrected chi connectivity index (χ2v) is 6.23. The Kier molecular flexibility index (Phi) is 6.18. The van der Waals surface area contributed by atoms with E-state index in [0.29, 0.717) is 6.04 Å². The van der Waals surface area contributed by atoms with Crippen LogP contribution in [0, 0.1) is 5.92 Å². The summed E-state index contributed by atoms with van der Waals surface area (Å²) in [6, 6.07) is -0.219. The highest BCUT2D eigenvalue weighted by Crippen LogP contribution is 2.27. The van der Waals surface area contributed by atoms with Crippen molar-refractivity contribution in [3.05, 3.63) is 0 Å². The summed E-state index contributed by atoms with van der Waals surface area (Å²) in [7, 11) is 0. The predicted molar refractivity (Wildman–Crippen MR) is 81.9 cm³/mol. The summed E-state index contributed by atoms with van der Waals surface area (Å²) in [4.78, 5) is 36.3. The number of primary amides is 1. The van der Waals surface area contributed by atoms with E-state index in [-0.39, 0.29) is 24.8 Å². The van der Waals surface area contributed by atoms with Gasteiger partial charge in [0.1, 0.15) is 0 Å². The summed E-state index contributed by atoms with van der Waals surface area (Å²) < 4.78 is 0. The summed E-state index contributed by atoms with van der Waals surface area (Å²) in [6.07, 6.45) is 7.38. The van der Waals surface area contributed by atoms with Gasteiger partial charge in [-0.1, -0.05) is 19.3 Å². The second-order valence-electron chi connectivity index (χ2n) is 6.23. The topological polar surface area (TPSA) is 105 Å². The molecule has 0 aromatic carbocycles. The molecule has 4 N–H and O–H groups in total. The number of amides is 4. The lowest BCUT2D eigenvalue weighted by Crippen LogP contribution is -2.39. The fourth-order valence-corrected chi connectivity index (χ4v) is 3.42. The van der Waals surface area contributed by atoms with E-state index in [2.05, 4.69) is 10.2 Å². The van der Waals surface area contributed by atoms with E-state index >= 15 is 0 Å². The van der Waals surface area contributed by atoms with Crippen molar-refractivity contribution in [2.24, 2.45) is 11.7 Å². The number of nitrogens with one attached hydrogen (secondary N) is 2. The van der Waals surface area contributed by atoms with Crippen molar-refractivity contribution in [2.45, 2.75) is 51.0 Å². The molecule has 0 aromatic heterocycles. The van der Waals surface area contributed by atoms with Gasteiger partial charge in [-0.25, -0.2) is 4.79 Å². The highest BCUT2D eigenvalue weighted by Gasteiger charge is 2.32. The molecule has 4 amide bonds. The van der Waals surface area contributed by atoms with E-state index in [9.17, 15) is 14.4 Å². The molecule has 1 heterocycles. The molecule has 1 saturated heterocycles. The first-order chi connectivity index (χ1) is 10.6. The van der Waals surface area contributed by atoms with Crippen LogP contribution in [0.15, 0.2) is 0 Å². The van der Waals surface area contributed by atoms with Crippen LogP contribution in [0.5, 0.6) is 0 Å². The van der Waals surface area contributed by atoms with Crippen LogP contribution in [0.25, 0.3) is 0 Å². The Labute approximate surface area is 131 Å². The zero-order chi connectivity index (χ0) is 15.9. The summed E-state index contributed by atoms with van der Waals surface area (Å²) >= 11 is 0. The number of carbonyl (C=O) groups excluding carboxylic acids is 3. The Morgan fingerprint density at radius 2 is 1.82 bits per heavy atom. The van der Waals surface area contributed by atoms with Gasteiger partial charge in [-0.15, -0.1) is 0 Å². The number of nitrogens with two attached hydrogens (primary N) is 1. The maximum absolute atomic E-state index is 12.1. The molecule has 124 valence electrons. The lowest BCUT2D eigenvalue weighted by molar-refractivity contribution is -0.124.